The summed E-state index contributed by atoms with van der Waals surface area (Å²) in [6.45, 7) is 9.80. The molecule has 2 aliphatic heterocycles. The number of nitrogens with zero attached hydrogens (tertiary/aromatic N) is 2. The molecule has 1 unspecified atom stereocenters. The third-order valence-corrected chi connectivity index (χ3v) is 6.79. The summed E-state index contributed by atoms with van der Waals surface area (Å²) in [6.07, 6.45) is 2.22. The minimum Gasteiger partial charge on any atom is -0.493 e. The number of ether oxygens (including phenoxy) is 3. The molecule has 5 nitrogen and oxygen atoms in total. The van der Waals surface area contributed by atoms with E-state index in [1.54, 1.807) is 14.2 Å². The lowest BCUT2D eigenvalue weighted by molar-refractivity contribution is 0.108. The lowest BCUT2D eigenvalue weighted by atomic mass is 9.76. The van der Waals surface area contributed by atoms with E-state index in [1.807, 2.05) is 18.2 Å². The number of piperazine rings is 1. The number of benzene rings is 2. The molecule has 0 N–H and O–H groups in total. The van der Waals surface area contributed by atoms with Gasteiger partial charge >= 0.3 is 0 Å². The Balaban J connectivity index is 1.35. The molecule has 2 aromatic rings. The average molecular weight is 445 g/mol. The molecule has 0 aromatic heterocycles. The molecule has 2 aromatic carbocycles. The highest BCUT2D eigenvalue weighted by Crippen LogP contribution is 2.46. The van der Waals surface area contributed by atoms with Crippen LogP contribution in [0.5, 0.6) is 17.2 Å². The van der Waals surface area contributed by atoms with Crippen LogP contribution in [0.1, 0.15) is 32.3 Å². The maximum atomic E-state index is 6.42. The quantitative estimate of drug-likeness (QED) is 0.626. The van der Waals surface area contributed by atoms with E-state index in [2.05, 4.69) is 41.8 Å². The zero-order valence-corrected chi connectivity index (χ0v) is 19.7. The largest absolute Gasteiger partial charge is 0.493 e. The zero-order valence-electron chi connectivity index (χ0n) is 19.0. The molecule has 0 bridgehead atoms. The van der Waals surface area contributed by atoms with Crippen LogP contribution in [0.3, 0.4) is 0 Å². The van der Waals surface area contributed by atoms with Gasteiger partial charge in [-0.05, 0) is 42.5 Å². The molecule has 0 amide bonds. The summed E-state index contributed by atoms with van der Waals surface area (Å²) in [5.41, 5.74) is 2.44. The van der Waals surface area contributed by atoms with E-state index in [9.17, 15) is 0 Å². The first-order valence-electron chi connectivity index (χ1n) is 11.1. The van der Waals surface area contributed by atoms with Crippen molar-refractivity contribution in [3.8, 4) is 17.2 Å². The van der Waals surface area contributed by atoms with E-state index in [1.165, 1.54) is 11.3 Å². The van der Waals surface area contributed by atoms with Gasteiger partial charge in [0, 0.05) is 55.1 Å². The van der Waals surface area contributed by atoms with Gasteiger partial charge in [0.1, 0.15) is 11.9 Å². The first-order chi connectivity index (χ1) is 14.9. The van der Waals surface area contributed by atoms with Gasteiger partial charge in [-0.15, -0.1) is 0 Å². The summed E-state index contributed by atoms with van der Waals surface area (Å²) in [4.78, 5) is 4.96. The smallest absolute Gasteiger partial charge is 0.164 e. The fourth-order valence-corrected chi connectivity index (χ4v) is 4.96. The van der Waals surface area contributed by atoms with Crippen LogP contribution in [0, 0.1) is 0 Å². The molecule has 1 atom stereocenters. The fourth-order valence-electron chi connectivity index (χ4n) is 4.78. The van der Waals surface area contributed by atoms with Gasteiger partial charge in [0.2, 0.25) is 0 Å². The van der Waals surface area contributed by atoms with Gasteiger partial charge in [0.15, 0.2) is 11.5 Å². The number of fused-ring (bicyclic) bond motifs is 1. The molecule has 2 aliphatic rings. The summed E-state index contributed by atoms with van der Waals surface area (Å²) in [5, 5.41) is 0.798. The van der Waals surface area contributed by atoms with Gasteiger partial charge in [-0.2, -0.15) is 0 Å². The predicted octanol–water partition coefficient (Wildman–Crippen LogP) is 5.00. The van der Waals surface area contributed by atoms with Crippen LogP contribution in [0.4, 0.5) is 5.69 Å². The monoisotopic (exact) mass is 444 g/mol. The van der Waals surface area contributed by atoms with E-state index in [-0.39, 0.29) is 11.5 Å². The minimum atomic E-state index is 0.0308. The predicted molar refractivity (Wildman–Crippen MR) is 126 cm³/mol. The Morgan fingerprint density at radius 2 is 1.74 bits per heavy atom. The lowest BCUT2D eigenvalue weighted by Crippen LogP contribution is -2.47. The van der Waals surface area contributed by atoms with Crippen LogP contribution in [0.2, 0.25) is 5.02 Å². The Kier molecular flexibility index (Phi) is 6.54. The summed E-state index contributed by atoms with van der Waals surface area (Å²) in [6, 6.07) is 12.2. The van der Waals surface area contributed by atoms with Crippen LogP contribution in [-0.4, -0.2) is 57.9 Å². The van der Waals surface area contributed by atoms with Crippen LogP contribution in [0.15, 0.2) is 36.4 Å². The van der Waals surface area contributed by atoms with Crippen molar-refractivity contribution in [2.75, 3.05) is 51.8 Å². The summed E-state index contributed by atoms with van der Waals surface area (Å²) in [7, 11) is 3.34. The Bertz CT molecular complexity index is 910. The SMILES string of the molecule is COc1cc2c(cc1OC)C(C)(C)CC(CCN1CCN(c3cccc(Cl)c3)CC1)O2. The van der Waals surface area contributed by atoms with Gasteiger partial charge in [-0.1, -0.05) is 31.5 Å². The Hall–Kier alpha value is -2.11. The first-order valence-corrected chi connectivity index (χ1v) is 11.4. The molecular weight excluding hydrogens is 412 g/mol. The standard InChI is InChI=1S/C25H33ClN2O3/c1-25(2)17-20(31-22-16-24(30-4)23(29-3)15-21(22)25)8-9-27-10-12-28(13-11-27)19-7-5-6-18(26)14-19/h5-7,14-16,20H,8-13,17H2,1-4H3. The highest BCUT2D eigenvalue weighted by molar-refractivity contribution is 6.30. The molecule has 0 spiro atoms. The average Bonchev–Trinajstić information content (AvgIpc) is 2.77. The Morgan fingerprint density at radius 1 is 1.03 bits per heavy atom. The van der Waals surface area contributed by atoms with Crippen molar-refractivity contribution < 1.29 is 14.2 Å². The van der Waals surface area contributed by atoms with Crippen molar-refractivity contribution in [3.63, 3.8) is 0 Å². The van der Waals surface area contributed by atoms with Gasteiger partial charge in [-0.3, -0.25) is 4.90 Å². The van der Waals surface area contributed by atoms with Crippen molar-refractivity contribution in [2.24, 2.45) is 0 Å². The number of halogens is 1. The molecule has 0 radical (unpaired) electrons. The minimum absolute atomic E-state index is 0.0308. The van der Waals surface area contributed by atoms with Gasteiger partial charge < -0.3 is 19.1 Å². The molecule has 0 aliphatic carbocycles. The van der Waals surface area contributed by atoms with Crippen molar-refractivity contribution in [2.45, 2.75) is 38.2 Å². The molecular formula is C25H33ClN2O3. The topological polar surface area (TPSA) is 34.2 Å². The Labute approximate surface area is 190 Å². The molecule has 1 saturated heterocycles. The van der Waals surface area contributed by atoms with Crippen molar-refractivity contribution in [1.29, 1.82) is 0 Å². The third-order valence-electron chi connectivity index (χ3n) is 6.56. The molecule has 168 valence electrons. The van der Waals surface area contributed by atoms with E-state index >= 15 is 0 Å². The second-order valence-electron chi connectivity index (χ2n) is 9.13. The molecule has 0 saturated carbocycles. The third kappa shape index (κ3) is 4.88. The number of anilines is 1. The maximum Gasteiger partial charge on any atom is 0.164 e. The number of hydrogen-bond acceptors (Lipinski definition) is 5. The first kappa shape index (κ1) is 22.1. The second kappa shape index (κ2) is 9.17. The van der Waals surface area contributed by atoms with E-state index in [4.69, 9.17) is 25.8 Å². The van der Waals surface area contributed by atoms with E-state index in [0.717, 1.165) is 67.8 Å². The van der Waals surface area contributed by atoms with Crippen LogP contribution >= 0.6 is 11.6 Å². The van der Waals surface area contributed by atoms with E-state index in [0.29, 0.717) is 0 Å². The van der Waals surface area contributed by atoms with Crippen molar-refractivity contribution in [3.05, 3.63) is 47.0 Å². The number of rotatable bonds is 6. The van der Waals surface area contributed by atoms with E-state index < -0.39 is 0 Å². The normalized spacial score (nSPS) is 20.7. The summed E-state index contributed by atoms with van der Waals surface area (Å²) >= 11 is 6.16. The second-order valence-corrected chi connectivity index (χ2v) is 9.56. The molecule has 4 rings (SSSR count). The molecule has 1 fully saturated rings. The number of hydrogen-bond donors (Lipinski definition) is 0. The molecule has 2 heterocycles. The van der Waals surface area contributed by atoms with Crippen LogP contribution in [0.25, 0.3) is 0 Å². The Morgan fingerprint density at radius 3 is 2.42 bits per heavy atom. The van der Waals surface area contributed by atoms with Crippen molar-refractivity contribution in [1.82, 2.24) is 4.90 Å². The maximum absolute atomic E-state index is 6.42. The molecule has 6 heteroatoms. The van der Waals surface area contributed by atoms with Crippen molar-refractivity contribution >= 4 is 17.3 Å². The number of methoxy groups -OCH3 is 2. The van der Waals surface area contributed by atoms with Gasteiger partial charge in [-0.25, -0.2) is 0 Å². The van der Waals surface area contributed by atoms with Crippen LogP contribution < -0.4 is 19.1 Å². The zero-order chi connectivity index (χ0) is 22.0. The van der Waals surface area contributed by atoms with Crippen LogP contribution in [-0.2, 0) is 5.41 Å². The van der Waals surface area contributed by atoms with Gasteiger partial charge in [0.25, 0.3) is 0 Å². The highest BCUT2D eigenvalue weighted by atomic mass is 35.5. The van der Waals surface area contributed by atoms with Gasteiger partial charge in [0.05, 0.1) is 14.2 Å². The fraction of sp³-hybridized carbons (Fsp3) is 0.520. The summed E-state index contributed by atoms with van der Waals surface area (Å²) < 4.78 is 17.4. The summed E-state index contributed by atoms with van der Waals surface area (Å²) in [5.74, 6) is 2.40. The lowest BCUT2D eigenvalue weighted by Gasteiger charge is -2.40. The molecule has 31 heavy (non-hydrogen) atoms. The highest BCUT2D eigenvalue weighted by Gasteiger charge is 2.36.